The smallest absolute Gasteiger partial charge is 0.132 e. The molecule has 2 aromatic rings. The molecule has 0 aliphatic rings. The van der Waals surface area contributed by atoms with E-state index in [4.69, 9.17) is 10.5 Å². The lowest BCUT2D eigenvalue weighted by atomic mass is 10.1. The zero-order valence-corrected chi connectivity index (χ0v) is 10.1. The van der Waals surface area contributed by atoms with Crippen LogP contribution in [0.5, 0.6) is 5.75 Å². The second kappa shape index (κ2) is 5.01. The van der Waals surface area contributed by atoms with Gasteiger partial charge in [-0.05, 0) is 19.1 Å². The van der Waals surface area contributed by atoms with E-state index in [1.54, 1.807) is 4.68 Å². The maximum Gasteiger partial charge on any atom is 0.132 e. The highest BCUT2D eigenvalue weighted by molar-refractivity contribution is 5.35. The van der Waals surface area contributed by atoms with Crippen molar-refractivity contribution in [3.8, 4) is 5.75 Å². The molecule has 17 heavy (non-hydrogen) atoms. The van der Waals surface area contributed by atoms with E-state index in [0.717, 1.165) is 17.0 Å². The van der Waals surface area contributed by atoms with Crippen molar-refractivity contribution in [2.75, 3.05) is 0 Å². The summed E-state index contributed by atoms with van der Waals surface area (Å²) in [4.78, 5) is 0. The van der Waals surface area contributed by atoms with Gasteiger partial charge in [-0.2, -0.15) is 5.10 Å². The third-order valence-corrected chi connectivity index (χ3v) is 2.55. The van der Waals surface area contributed by atoms with Crippen LogP contribution in [-0.2, 0) is 13.7 Å². The van der Waals surface area contributed by atoms with Crippen LogP contribution in [0.1, 0.15) is 24.2 Å². The van der Waals surface area contributed by atoms with Gasteiger partial charge in [-0.1, -0.05) is 18.2 Å². The van der Waals surface area contributed by atoms with Crippen molar-refractivity contribution in [3.05, 3.63) is 47.8 Å². The maximum atomic E-state index is 5.89. The Morgan fingerprint density at radius 1 is 1.35 bits per heavy atom. The molecule has 1 atom stereocenters. The molecule has 0 radical (unpaired) electrons. The third-order valence-electron chi connectivity index (χ3n) is 2.55. The van der Waals surface area contributed by atoms with Gasteiger partial charge in [-0.25, -0.2) is 0 Å². The Bertz CT molecular complexity index is 491. The highest BCUT2D eigenvalue weighted by Gasteiger charge is 2.07. The van der Waals surface area contributed by atoms with Crippen LogP contribution in [0.15, 0.2) is 36.5 Å². The number of benzene rings is 1. The maximum absolute atomic E-state index is 5.89. The predicted molar refractivity (Wildman–Crippen MR) is 66.6 cm³/mol. The molecule has 0 aliphatic carbocycles. The summed E-state index contributed by atoms with van der Waals surface area (Å²) in [6.07, 6.45) is 1.90. The molecule has 1 unspecified atom stereocenters. The largest absolute Gasteiger partial charge is 0.487 e. The molecule has 1 aromatic heterocycles. The Hall–Kier alpha value is -1.81. The molecule has 0 spiro atoms. The number of hydrogen-bond donors (Lipinski definition) is 1. The standard InChI is InChI=1S/C13H17N3O/c1-10(14)12-5-3-4-6-13(12)17-9-11-7-8-16(2)15-11/h3-8,10H,9,14H2,1-2H3. The van der Waals surface area contributed by atoms with Gasteiger partial charge >= 0.3 is 0 Å². The van der Waals surface area contributed by atoms with Crippen LogP contribution in [0.2, 0.25) is 0 Å². The van der Waals surface area contributed by atoms with Crippen LogP contribution in [-0.4, -0.2) is 9.78 Å². The van der Waals surface area contributed by atoms with Gasteiger partial charge < -0.3 is 10.5 Å². The summed E-state index contributed by atoms with van der Waals surface area (Å²) in [6.45, 7) is 2.41. The molecular formula is C13H17N3O. The first kappa shape index (κ1) is 11.7. The minimum Gasteiger partial charge on any atom is -0.487 e. The van der Waals surface area contributed by atoms with Crippen molar-refractivity contribution in [2.45, 2.75) is 19.6 Å². The van der Waals surface area contributed by atoms with Gasteiger partial charge in [0.05, 0.1) is 5.69 Å². The summed E-state index contributed by atoms with van der Waals surface area (Å²) in [5, 5.41) is 4.26. The van der Waals surface area contributed by atoms with Crippen molar-refractivity contribution >= 4 is 0 Å². The fourth-order valence-electron chi connectivity index (χ4n) is 1.68. The summed E-state index contributed by atoms with van der Waals surface area (Å²) in [7, 11) is 1.89. The molecule has 4 heteroatoms. The second-order valence-electron chi connectivity index (χ2n) is 4.10. The van der Waals surface area contributed by atoms with E-state index in [1.807, 2.05) is 50.5 Å². The molecule has 0 bridgehead atoms. The number of rotatable bonds is 4. The number of para-hydroxylation sites is 1. The van der Waals surface area contributed by atoms with Crippen LogP contribution in [0.25, 0.3) is 0 Å². The SMILES string of the molecule is CC(N)c1ccccc1OCc1ccn(C)n1. The van der Waals surface area contributed by atoms with Crippen LogP contribution in [0.4, 0.5) is 0 Å². The number of aromatic nitrogens is 2. The highest BCUT2D eigenvalue weighted by atomic mass is 16.5. The summed E-state index contributed by atoms with van der Waals surface area (Å²) in [5.41, 5.74) is 7.81. The molecule has 1 aromatic carbocycles. The fraction of sp³-hybridized carbons (Fsp3) is 0.308. The molecule has 0 aliphatic heterocycles. The van der Waals surface area contributed by atoms with E-state index >= 15 is 0 Å². The summed E-state index contributed by atoms with van der Waals surface area (Å²) >= 11 is 0. The van der Waals surface area contributed by atoms with Crippen LogP contribution < -0.4 is 10.5 Å². The lowest BCUT2D eigenvalue weighted by Gasteiger charge is -2.12. The first-order valence-corrected chi connectivity index (χ1v) is 5.62. The van der Waals surface area contributed by atoms with E-state index in [9.17, 15) is 0 Å². The summed E-state index contributed by atoms with van der Waals surface area (Å²) in [5.74, 6) is 0.827. The Morgan fingerprint density at radius 3 is 2.76 bits per heavy atom. The van der Waals surface area contributed by atoms with Gasteiger partial charge in [0.2, 0.25) is 0 Å². The normalized spacial score (nSPS) is 12.4. The van der Waals surface area contributed by atoms with Crippen molar-refractivity contribution in [1.82, 2.24) is 9.78 Å². The van der Waals surface area contributed by atoms with Gasteiger partial charge in [0.15, 0.2) is 0 Å². The molecule has 1 heterocycles. The molecule has 90 valence electrons. The molecule has 0 amide bonds. The first-order valence-electron chi connectivity index (χ1n) is 5.62. The number of aryl methyl sites for hydroxylation is 1. The molecule has 4 nitrogen and oxygen atoms in total. The lowest BCUT2D eigenvalue weighted by molar-refractivity contribution is 0.295. The van der Waals surface area contributed by atoms with E-state index in [-0.39, 0.29) is 6.04 Å². The van der Waals surface area contributed by atoms with Crippen LogP contribution >= 0.6 is 0 Å². The predicted octanol–water partition coefficient (Wildman–Crippen LogP) is 2.02. The molecule has 2 N–H and O–H groups in total. The fourth-order valence-corrected chi connectivity index (χ4v) is 1.68. The molecule has 0 saturated carbocycles. The zero-order valence-electron chi connectivity index (χ0n) is 10.1. The quantitative estimate of drug-likeness (QED) is 0.875. The number of hydrogen-bond acceptors (Lipinski definition) is 3. The summed E-state index contributed by atoms with van der Waals surface area (Å²) < 4.78 is 7.50. The first-order chi connectivity index (χ1) is 8.16. The van der Waals surface area contributed by atoms with Gasteiger partial charge in [0.25, 0.3) is 0 Å². The third kappa shape index (κ3) is 2.85. The highest BCUT2D eigenvalue weighted by Crippen LogP contribution is 2.23. The summed E-state index contributed by atoms with van der Waals surface area (Å²) in [6, 6.07) is 9.73. The van der Waals surface area contributed by atoms with Gasteiger partial charge in [-0.15, -0.1) is 0 Å². The topological polar surface area (TPSA) is 53.1 Å². The average molecular weight is 231 g/mol. The molecular weight excluding hydrogens is 214 g/mol. The van der Waals surface area contributed by atoms with Crippen molar-refractivity contribution in [3.63, 3.8) is 0 Å². The van der Waals surface area contributed by atoms with Crippen molar-refractivity contribution in [1.29, 1.82) is 0 Å². The van der Waals surface area contributed by atoms with Gasteiger partial charge in [-0.3, -0.25) is 4.68 Å². The minimum absolute atomic E-state index is 0.0325. The number of ether oxygens (including phenoxy) is 1. The van der Waals surface area contributed by atoms with E-state index in [1.165, 1.54) is 0 Å². The van der Waals surface area contributed by atoms with E-state index in [2.05, 4.69) is 5.10 Å². The molecule has 0 fully saturated rings. The Morgan fingerprint density at radius 2 is 2.12 bits per heavy atom. The minimum atomic E-state index is -0.0325. The van der Waals surface area contributed by atoms with E-state index < -0.39 is 0 Å². The Kier molecular flexibility index (Phi) is 3.44. The number of nitrogens with two attached hydrogens (primary N) is 1. The lowest BCUT2D eigenvalue weighted by Crippen LogP contribution is -2.08. The van der Waals surface area contributed by atoms with Crippen LogP contribution in [0.3, 0.4) is 0 Å². The zero-order chi connectivity index (χ0) is 12.3. The van der Waals surface area contributed by atoms with Gasteiger partial charge in [0, 0.05) is 24.8 Å². The average Bonchev–Trinajstić information content (AvgIpc) is 2.73. The number of nitrogens with zero attached hydrogens (tertiary/aromatic N) is 2. The molecule has 2 rings (SSSR count). The van der Waals surface area contributed by atoms with E-state index in [0.29, 0.717) is 6.61 Å². The van der Waals surface area contributed by atoms with Gasteiger partial charge in [0.1, 0.15) is 12.4 Å². The van der Waals surface area contributed by atoms with Crippen LogP contribution in [0, 0.1) is 0 Å². The van der Waals surface area contributed by atoms with Crippen molar-refractivity contribution in [2.24, 2.45) is 12.8 Å². The monoisotopic (exact) mass is 231 g/mol. The second-order valence-corrected chi connectivity index (χ2v) is 4.10. The Labute approximate surface area is 101 Å². The Balaban J connectivity index is 2.08. The van der Waals surface area contributed by atoms with Crippen molar-refractivity contribution < 1.29 is 4.74 Å². The molecule has 0 saturated heterocycles.